The molecule has 8 nitrogen and oxygen atoms in total. The molecule has 3 N–H and O–H groups in total. The molecule has 0 spiro atoms. The highest BCUT2D eigenvalue weighted by atomic mass is 16.4. The molecule has 1 saturated heterocycles. The van der Waals surface area contributed by atoms with Gasteiger partial charge in [-0.05, 0) is 67.0 Å². The van der Waals surface area contributed by atoms with E-state index in [1.54, 1.807) is 43.9 Å². The lowest BCUT2D eigenvalue weighted by Crippen LogP contribution is -2.51. The van der Waals surface area contributed by atoms with E-state index in [0.29, 0.717) is 41.4 Å². The number of anilines is 1. The lowest BCUT2D eigenvalue weighted by Gasteiger charge is -2.33. The molecule has 3 amide bonds. The van der Waals surface area contributed by atoms with Crippen molar-refractivity contribution in [3.05, 3.63) is 64.7 Å². The second-order valence-electron chi connectivity index (χ2n) is 9.04. The lowest BCUT2D eigenvalue weighted by molar-refractivity contribution is -0.139. The molecule has 0 aliphatic carbocycles. The van der Waals surface area contributed by atoms with E-state index >= 15 is 0 Å². The van der Waals surface area contributed by atoms with Crippen LogP contribution < -0.4 is 10.6 Å². The van der Waals surface area contributed by atoms with Crippen molar-refractivity contribution in [2.24, 2.45) is 11.7 Å². The number of carboxylic acids is 1. The first kappa shape index (κ1) is 24.8. The highest BCUT2D eigenvalue weighted by Gasteiger charge is 2.34. The number of amides is 3. The molecule has 0 aromatic heterocycles. The number of aryl methyl sites for hydroxylation is 1. The molecule has 3 rings (SSSR count). The third kappa shape index (κ3) is 5.20. The highest BCUT2D eigenvalue weighted by molar-refractivity contribution is 6.01. The van der Waals surface area contributed by atoms with Crippen molar-refractivity contribution in [1.82, 2.24) is 4.90 Å². The van der Waals surface area contributed by atoms with Crippen LogP contribution in [0.15, 0.2) is 42.5 Å². The standard InChI is InChI=1S/C26H30N4O4/c1-16(2)23(25(32)33)30(26(28)34)22-14-21(7-4-17(22)3)24(31)29-12-10-20(11-13-29)19-8-5-18(15-27)6-9-19/h4-9,14,16,20,23H,10-13H2,1-3H3,(H2,28,34)(H,32,33)/t23-/m0/s1. The summed E-state index contributed by atoms with van der Waals surface area (Å²) in [5, 5.41) is 18.7. The number of nitrogens with two attached hydrogens (primary N) is 1. The molecule has 1 aliphatic rings. The first-order valence-electron chi connectivity index (χ1n) is 11.4. The number of nitriles is 1. The number of carbonyl (C=O) groups is 3. The van der Waals surface area contributed by atoms with Gasteiger partial charge in [0.25, 0.3) is 5.91 Å². The maximum Gasteiger partial charge on any atom is 0.327 e. The minimum absolute atomic E-state index is 0.166. The van der Waals surface area contributed by atoms with Gasteiger partial charge in [-0.25, -0.2) is 9.59 Å². The summed E-state index contributed by atoms with van der Waals surface area (Å²) in [6, 6.07) is 12.6. The molecule has 1 atom stereocenters. The average Bonchev–Trinajstić information content (AvgIpc) is 2.82. The van der Waals surface area contributed by atoms with Crippen LogP contribution in [0.25, 0.3) is 0 Å². The van der Waals surface area contributed by atoms with Crippen molar-refractivity contribution in [1.29, 1.82) is 5.26 Å². The number of primary amides is 1. The molecule has 0 bridgehead atoms. The molecule has 178 valence electrons. The van der Waals surface area contributed by atoms with E-state index in [9.17, 15) is 19.5 Å². The van der Waals surface area contributed by atoms with Gasteiger partial charge >= 0.3 is 12.0 Å². The molecule has 2 aromatic rings. The maximum atomic E-state index is 13.3. The molecule has 2 aromatic carbocycles. The molecule has 0 radical (unpaired) electrons. The van der Waals surface area contributed by atoms with Crippen molar-refractivity contribution >= 4 is 23.6 Å². The number of likely N-dealkylation sites (tertiary alicyclic amines) is 1. The average molecular weight is 463 g/mol. The fourth-order valence-electron chi connectivity index (χ4n) is 4.53. The number of piperidine rings is 1. The van der Waals surface area contributed by atoms with Crippen LogP contribution in [0, 0.1) is 24.2 Å². The summed E-state index contributed by atoms with van der Waals surface area (Å²) in [6.07, 6.45) is 1.61. The van der Waals surface area contributed by atoms with E-state index in [1.165, 1.54) is 0 Å². The van der Waals surface area contributed by atoms with E-state index in [2.05, 4.69) is 6.07 Å². The Kier molecular flexibility index (Phi) is 7.57. The van der Waals surface area contributed by atoms with Crippen molar-refractivity contribution in [3.63, 3.8) is 0 Å². The molecular formula is C26H30N4O4. The summed E-state index contributed by atoms with van der Waals surface area (Å²) in [5.41, 5.74) is 8.73. The first-order valence-corrected chi connectivity index (χ1v) is 11.4. The molecule has 34 heavy (non-hydrogen) atoms. The quantitative estimate of drug-likeness (QED) is 0.673. The van der Waals surface area contributed by atoms with Gasteiger partial charge in [-0.2, -0.15) is 5.26 Å². The van der Waals surface area contributed by atoms with Crippen molar-refractivity contribution < 1.29 is 19.5 Å². The van der Waals surface area contributed by atoms with Crippen LogP contribution in [0.1, 0.15) is 59.7 Å². The van der Waals surface area contributed by atoms with E-state index in [-0.39, 0.29) is 11.8 Å². The predicted molar refractivity (Wildman–Crippen MR) is 129 cm³/mol. The van der Waals surface area contributed by atoms with Crippen LogP contribution in [-0.4, -0.2) is 47.0 Å². The Morgan fingerprint density at radius 1 is 1.12 bits per heavy atom. The van der Waals surface area contributed by atoms with E-state index < -0.39 is 18.0 Å². The Bertz CT molecular complexity index is 1110. The van der Waals surface area contributed by atoms with Gasteiger partial charge in [0.15, 0.2) is 0 Å². The van der Waals surface area contributed by atoms with Crippen LogP contribution in [0.2, 0.25) is 0 Å². The SMILES string of the molecule is Cc1ccc(C(=O)N2CCC(c3ccc(C#N)cc3)CC2)cc1N(C(N)=O)[C@H](C(=O)O)C(C)C. The van der Waals surface area contributed by atoms with Crippen molar-refractivity contribution in [2.45, 2.75) is 45.6 Å². The third-order valence-electron chi connectivity index (χ3n) is 6.41. The number of aliphatic carboxylic acids is 1. The highest BCUT2D eigenvalue weighted by Crippen LogP contribution is 2.31. The number of urea groups is 1. The summed E-state index contributed by atoms with van der Waals surface area (Å²) in [5.74, 6) is -1.39. The van der Waals surface area contributed by atoms with Gasteiger partial charge in [-0.15, -0.1) is 0 Å². The summed E-state index contributed by atoms with van der Waals surface area (Å²) in [6.45, 7) is 6.32. The normalized spacial score (nSPS) is 15.0. The molecule has 0 unspecified atom stereocenters. The number of hydrogen-bond acceptors (Lipinski definition) is 4. The van der Waals surface area contributed by atoms with Crippen LogP contribution in [0.5, 0.6) is 0 Å². The van der Waals surface area contributed by atoms with Crippen LogP contribution in [0.4, 0.5) is 10.5 Å². The second kappa shape index (κ2) is 10.4. The number of rotatable bonds is 6. The molecule has 0 saturated carbocycles. The number of hydrogen-bond donors (Lipinski definition) is 2. The van der Waals surface area contributed by atoms with Gasteiger partial charge < -0.3 is 15.7 Å². The largest absolute Gasteiger partial charge is 0.480 e. The predicted octanol–water partition coefficient (Wildman–Crippen LogP) is 3.88. The number of carbonyl (C=O) groups excluding carboxylic acids is 2. The van der Waals surface area contributed by atoms with Gasteiger partial charge in [0.1, 0.15) is 6.04 Å². The zero-order valence-corrected chi connectivity index (χ0v) is 19.7. The fourth-order valence-corrected chi connectivity index (χ4v) is 4.53. The summed E-state index contributed by atoms with van der Waals surface area (Å²) < 4.78 is 0. The Morgan fingerprint density at radius 3 is 2.24 bits per heavy atom. The monoisotopic (exact) mass is 462 g/mol. The topological polar surface area (TPSA) is 128 Å². The molecule has 1 aliphatic heterocycles. The third-order valence-corrected chi connectivity index (χ3v) is 6.41. The van der Waals surface area contributed by atoms with Crippen LogP contribution in [0.3, 0.4) is 0 Å². The van der Waals surface area contributed by atoms with Crippen LogP contribution in [-0.2, 0) is 4.79 Å². The van der Waals surface area contributed by atoms with E-state index in [4.69, 9.17) is 11.0 Å². The number of benzene rings is 2. The van der Waals surface area contributed by atoms with Gasteiger partial charge in [-0.1, -0.05) is 32.0 Å². The maximum absolute atomic E-state index is 13.3. The van der Waals surface area contributed by atoms with Crippen molar-refractivity contribution in [3.8, 4) is 6.07 Å². The van der Waals surface area contributed by atoms with Crippen LogP contribution >= 0.6 is 0 Å². The minimum Gasteiger partial charge on any atom is -0.480 e. The fraction of sp³-hybridized carbons (Fsp3) is 0.385. The van der Waals surface area contributed by atoms with E-state index in [0.717, 1.165) is 23.3 Å². The zero-order valence-electron chi connectivity index (χ0n) is 19.7. The van der Waals surface area contributed by atoms with Gasteiger partial charge in [0, 0.05) is 18.7 Å². The Labute approximate surface area is 199 Å². The number of carboxylic acid groups (broad SMARTS) is 1. The molecule has 1 fully saturated rings. The smallest absolute Gasteiger partial charge is 0.327 e. The Hall–Kier alpha value is -3.86. The van der Waals surface area contributed by atoms with E-state index in [1.807, 2.05) is 24.3 Å². The summed E-state index contributed by atoms with van der Waals surface area (Å²) in [4.78, 5) is 40.3. The molecule has 1 heterocycles. The molecule has 8 heteroatoms. The Balaban J connectivity index is 1.79. The van der Waals surface area contributed by atoms with Gasteiger partial charge in [0.05, 0.1) is 17.3 Å². The minimum atomic E-state index is -1.16. The Morgan fingerprint density at radius 2 is 1.74 bits per heavy atom. The number of nitrogens with zero attached hydrogens (tertiary/aromatic N) is 3. The van der Waals surface area contributed by atoms with Gasteiger partial charge in [-0.3, -0.25) is 9.69 Å². The van der Waals surface area contributed by atoms with Gasteiger partial charge in [0.2, 0.25) is 0 Å². The first-order chi connectivity index (χ1) is 16.1. The lowest BCUT2D eigenvalue weighted by atomic mass is 9.89. The summed E-state index contributed by atoms with van der Waals surface area (Å²) in [7, 11) is 0. The zero-order chi connectivity index (χ0) is 25.0. The molecular weight excluding hydrogens is 432 g/mol. The van der Waals surface area contributed by atoms with Crippen molar-refractivity contribution in [2.75, 3.05) is 18.0 Å². The summed E-state index contributed by atoms with van der Waals surface area (Å²) >= 11 is 0. The second-order valence-corrected chi connectivity index (χ2v) is 9.04.